The number of hydrogen-bond donors (Lipinski definition) is 2. The summed E-state index contributed by atoms with van der Waals surface area (Å²) >= 11 is 4.92. The first-order valence-corrected chi connectivity index (χ1v) is 4.68. The average Bonchev–Trinajstić information content (AvgIpc) is 2.03. The second-order valence-electron chi connectivity index (χ2n) is 3.02. The van der Waals surface area contributed by atoms with E-state index in [-0.39, 0.29) is 0 Å². The number of thiocarbonyl (C=S) groups is 1. The van der Waals surface area contributed by atoms with Gasteiger partial charge in [-0.2, -0.15) is 0 Å². The highest BCUT2D eigenvalue weighted by molar-refractivity contribution is 7.80. The molecule has 0 saturated heterocycles. The Kier molecular flexibility index (Phi) is 7.09. The molecule has 4 heteroatoms. The molecule has 0 aliphatic rings. The lowest BCUT2D eigenvalue weighted by Crippen LogP contribution is -2.33. The fourth-order valence-corrected chi connectivity index (χ4v) is 0.945. The van der Waals surface area contributed by atoms with Crippen LogP contribution in [0.3, 0.4) is 0 Å². The van der Waals surface area contributed by atoms with E-state index in [1.165, 1.54) is 12.8 Å². The molecule has 0 aromatic heterocycles. The van der Waals surface area contributed by atoms with Crippen LogP contribution in [0.25, 0.3) is 0 Å². The van der Waals surface area contributed by atoms with E-state index in [1.807, 2.05) is 7.05 Å². The fourth-order valence-electron chi connectivity index (χ4n) is 0.843. The van der Waals surface area contributed by atoms with Crippen molar-refractivity contribution < 1.29 is 0 Å². The smallest absolute Gasteiger partial charge is 0.166 e. The van der Waals surface area contributed by atoms with Gasteiger partial charge in [0.25, 0.3) is 0 Å². The van der Waals surface area contributed by atoms with Gasteiger partial charge in [-0.05, 0) is 45.7 Å². The predicted molar refractivity (Wildman–Crippen MR) is 57.4 cm³/mol. The maximum Gasteiger partial charge on any atom is 0.166 e. The third kappa shape index (κ3) is 7.75. The van der Waals surface area contributed by atoms with Gasteiger partial charge in [0.1, 0.15) is 0 Å². The Hall–Kier alpha value is -0.350. The lowest BCUT2D eigenvalue weighted by molar-refractivity contribution is 0.394. The van der Waals surface area contributed by atoms with Gasteiger partial charge in [-0.25, -0.2) is 0 Å². The molecular weight excluding hydrogens is 170 g/mol. The monoisotopic (exact) mass is 189 g/mol. The summed E-state index contributed by atoms with van der Waals surface area (Å²) in [7, 11) is 6.01. The normalized spacial score (nSPS) is 10.0. The molecule has 0 rings (SSSR count). The van der Waals surface area contributed by atoms with Crippen molar-refractivity contribution in [1.29, 1.82) is 0 Å². The topological polar surface area (TPSA) is 27.3 Å². The molecule has 0 radical (unpaired) electrons. The van der Waals surface area contributed by atoms with Crippen molar-refractivity contribution >= 4 is 17.3 Å². The highest BCUT2D eigenvalue weighted by atomic mass is 32.1. The summed E-state index contributed by atoms with van der Waals surface area (Å²) in [4.78, 5) is 2.19. The SMILES string of the molecule is CNC(=S)NCCCCN(C)C. The first-order chi connectivity index (χ1) is 5.66. The van der Waals surface area contributed by atoms with Gasteiger partial charge in [-0.1, -0.05) is 0 Å². The summed E-state index contributed by atoms with van der Waals surface area (Å²) in [6.45, 7) is 2.11. The third-order valence-corrected chi connectivity index (χ3v) is 1.89. The molecule has 0 saturated carbocycles. The van der Waals surface area contributed by atoms with Crippen molar-refractivity contribution in [3.63, 3.8) is 0 Å². The van der Waals surface area contributed by atoms with Crippen LogP contribution in [0.1, 0.15) is 12.8 Å². The minimum atomic E-state index is 0.736. The molecule has 0 bridgehead atoms. The highest BCUT2D eigenvalue weighted by Crippen LogP contribution is 1.88. The molecule has 0 spiro atoms. The van der Waals surface area contributed by atoms with E-state index >= 15 is 0 Å². The van der Waals surface area contributed by atoms with E-state index in [0.717, 1.165) is 18.2 Å². The number of rotatable bonds is 5. The minimum absolute atomic E-state index is 0.736. The van der Waals surface area contributed by atoms with Crippen molar-refractivity contribution in [3.05, 3.63) is 0 Å². The number of nitrogens with zero attached hydrogens (tertiary/aromatic N) is 1. The molecule has 0 aliphatic heterocycles. The van der Waals surface area contributed by atoms with Gasteiger partial charge < -0.3 is 15.5 Å². The quantitative estimate of drug-likeness (QED) is 0.484. The van der Waals surface area contributed by atoms with Gasteiger partial charge in [0.15, 0.2) is 5.11 Å². The van der Waals surface area contributed by atoms with E-state index in [4.69, 9.17) is 12.2 Å². The second kappa shape index (κ2) is 7.31. The van der Waals surface area contributed by atoms with Gasteiger partial charge in [0.2, 0.25) is 0 Å². The van der Waals surface area contributed by atoms with Crippen LogP contribution in [-0.4, -0.2) is 44.2 Å². The van der Waals surface area contributed by atoms with E-state index in [0.29, 0.717) is 0 Å². The van der Waals surface area contributed by atoms with E-state index in [9.17, 15) is 0 Å². The lowest BCUT2D eigenvalue weighted by Gasteiger charge is -2.10. The molecule has 0 aromatic carbocycles. The molecule has 0 aromatic rings. The summed E-state index contributed by atoms with van der Waals surface area (Å²) in [5.41, 5.74) is 0. The Balaban J connectivity index is 3.05. The summed E-state index contributed by atoms with van der Waals surface area (Å²) in [6, 6.07) is 0. The summed E-state index contributed by atoms with van der Waals surface area (Å²) in [5, 5.41) is 6.72. The highest BCUT2D eigenvalue weighted by Gasteiger charge is 1.92. The third-order valence-electron chi connectivity index (χ3n) is 1.54. The van der Waals surface area contributed by atoms with Crippen LogP contribution in [0.15, 0.2) is 0 Å². The van der Waals surface area contributed by atoms with Crippen LogP contribution in [-0.2, 0) is 0 Å². The van der Waals surface area contributed by atoms with E-state index in [2.05, 4.69) is 29.6 Å². The predicted octanol–water partition coefficient (Wildman–Crippen LogP) is 0.422. The average molecular weight is 189 g/mol. The molecule has 72 valence electrons. The summed E-state index contributed by atoms with van der Waals surface area (Å²) in [5.74, 6) is 0. The van der Waals surface area contributed by atoms with Crippen molar-refractivity contribution in [2.24, 2.45) is 0 Å². The summed E-state index contributed by atoms with van der Waals surface area (Å²) < 4.78 is 0. The molecule has 0 unspecified atom stereocenters. The van der Waals surface area contributed by atoms with Gasteiger partial charge in [0.05, 0.1) is 0 Å². The molecule has 3 nitrogen and oxygen atoms in total. The lowest BCUT2D eigenvalue weighted by atomic mass is 10.3. The summed E-state index contributed by atoms with van der Waals surface area (Å²) in [6.07, 6.45) is 2.38. The molecule has 0 heterocycles. The van der Waals surface area contributed by atoms with E-state index < -0.39 is 0 Å². The maximum atomic E-state index is 4.92. The van der Waals surface area contributed by atoms with Crippen molar-refractivity contribution in [2.45, 2.75) is 12.8 Å². The number of unbranched alkanes of at least 4 members (excludes halogenated alkanes) is 1. The Morgan fingerprint density at radius 1 is 1.33 bits per heavy atom. The number of hydrogen-bond acceptors (Lipinski definition) is 2. The van der Waals surface area contributed by atoms with Crippen molar-refractivity contribution in [3.8, 4) is 0 Å². The van der Waals surface area contributed by atoms with Crippen LogP contribution in [0, 0.1) is 0 Å². The zero-order valence-electron chi connectivity index (χ0n) is 8.18. The Labute approximate surface area is 80.5 Å². The van der Waals surface area contributed by atoms with Gasteiger partial charge >= 0.3 is 0 Å². The van der Waals surface area contributed by atoms with Crippen molar-refractivity contribution in [2.75, 3.05) is 34.2 Å². The molecule has 2 N–H and O–H groups in total. The van der Waals surface area contributed by atoms with Crippen LogP contribution in [0.5, 0.6) is 0 Å². The van der Waals surface area contributed by atoms with Crippen molar-refractivity contribution in [1.82, 2.24) is 15.5 Å². The maximum absolute atomic E-state index is 4.92. The number of nitrogens with one attached hydrogen (secondary N) is 2. The van der Waals surface area contributed by atoms with Crippen LogP contribution in [0.2, 0.25) is 0 Å². The molecule has 0 fully saturated rings. The Morgan fingerprint density at radius 2 is 2.00 bits per heavy atom. The van der Waals surface area contributed by atoms with Gasteiger partial charge in [-0.3, -0.25) is 0 Å². The molecule has 0 atom stereocenters. The Morgan fingerprint density at radius 3 is 2.50 bits per heavy atom. The van der Waals surface area contributed by atoms with Crippen LogP contribution in [0.4, 0.5) is 0 Å². The molecule has 0 amide bonds. The van der Waals surface area contributed by atoms with Gasteiger partial charge in [-0.15, -0.1) is 0 Å². The largest absolute Gasteiger partial charge is 0.366 e. The molecule has 12 heavy (non-hydrogen) atoms. The first-order valence-electron chi connectivity index (χ1n) is 4.27. The minimum Gasteiger partial charge on any atom is -0.366 e. The zero-order valence-corrected chi connectivity index (χ0v) is 9.00. The second-order valence-corrected chi connectivity index (χ2v) is 3.42. The fraction of sp³-hybridized carbons (Fsp3) is 0.875. The Bertz CT molecular complexity index is 125. The van der Waals surface area contributed by atoms with E-state index in [1.54, 1.807) is 0 Å². The molecular formula is C8H19N3S. The first kappa shape index (κ1) is 11.6. The van der Waals surface area contributed by atoms with Gasteiger partial charge in [0, 0.05) is 13.6 Å². The zero-order chi connectivity index (χ0) is 9.40. The van der Waals surface area contributed by atoms with Crippen LogP contribution >= 0.6 is 12.2 Å². The van der Waals surface area contributed by atoms with Crippen LogP contribution < -0.4 is 10.6 Å². The molecule has 0 aliphatic carbocycles. The standard InChI is InChI=1S/C8H19N3S/c1-9-8(12)10-6-4-5-7-11(2)3/h4-7H2,1-3H3,(H2,9,10,12).